The Bertz CT molecular complexity index is 668. The Hall–Kier alpha value is -2.14. The molecule has 0 spiro atoms. The van der Waals surface area contributed by atoms with Gasteiger partial charge in [0.25, 0.3) is 0 Å². The minimum Gasteiger partial charge on any atom is -0.497 e. The quantitative estimate of drug-likeness (QED) is 0.789. The van der Waals surface area contributed by atoms with Crippen molar-refractivity contribution in [3.63, 3.8) is 0 Å². The normalized spacial score (nSPS) is 10.1. The van der Waals surface area contributed by atoms with Crippen molar-refractivity contribution in [1.29, 1.82) is 0 Å². The van der Waals surface area contributed by atoms with Crippen LogP contribution in [0.4, 0.5) is 5.69 Å². The Balaban J connectivity index is 1.87. The standard InChI is InChI=1S/C17H16BrNO3/c1-22-15-4-2-3-12(11-15)16(20)9-10-17(21)19-14-7-5-13(18)6-8-14/h2-8,11H,9-10H2,1H3,(H,19,21). The topological polar surface area (TPSA) is 55.4 Å². The molecule has 1 amide bonds. The second-order valence-corrected chi connectivity index (χ2v) is 5.63. The van der Waals surface area contributed by atoms with Gasteiger partial charge in [0.15, 0.2) is 5.78 Å². The van der Waals surface area contributed by atoms with Crippen LogP contribution in [0.25, 0.3) is 0 Å². The smallest absolute Gasteiger partial charge is 0.224 e. The molecule has 0 bridgehead atoms. The lowest BCUT2D eigenvalue weighted by molar-refractivity contribution is -0.116. The molecule has 2 aromatic rings. The number of halogens is 1. The van der Waals surface area contributed by atoms with Gasteiger partial charge in [0.2, 0.25) is 5.91 Å². The highest BCUT2D eigenvalue weighted by molar-refractivity contribution is 9.10. The number of hydrogen-bond donors (Lipinski definition) is 1. The maximum atomic E-state index is 12.1. The van der Waals surface area contributed by atoms with Crippen molar-refractivity contribution in [1.82, 2.24) is 0 Å². The summed E-state index contributed by atoms with van der Waals surface area (Å²) in [7, 11) is 1.55. The molecule has 0 aliphatic heterocycles. The van der Waals surface area contributed by atoms with Crippen LogP contribution in [0.1, 0.15) is 23.2 Å². The molecular formula is C17H16BrNO3. The summed E-state index contributed by atoms with van der Waals surface area (Å²) in [5.74, 6) is 0.369. The first-order chi connectivity index (χ1) is 10.6. The van der Waals surface area contributed by atoms with Gasteiger partial charge in [0.1, 0.15) is 5.75 Å². The maximum absolute atomic E-state index is 12.1. The first-order valence-corrected chi connectivity index (χ1v) is 7.60. The van der Waals surface area contributed by atoms with E-state index in [0.717, 1.165) is 4.47 Å². The highest BCUT2D eigenvalue weighted by Gasteiger charge is 2.10. The van der Waals surface area contributed by atoms with E-state index in [1.807, 2.05) is 12.1 Å². The van der Waals surface area contributed by atoms with Crippen LogP contribution in [0.15, 0.2) is 53.0 Å². The number of hydrogen-bond acceptors (Lipinski definition) is 3. The number of nitrogens with one attached hydrogen (secondary N) is 1. The van der Waals surface area contributed by atoms with Gasteiger partial charge >= 0.3 is 0 Å². The Morgan fingerprint density at radius 3 is 2.50 bits per heavy atom. The Kier molecular flexibility index (Phi) is 5.72. The van der Waals surface area contributed by atoms with Crippen LogP contribution in [0.3, 0.4) is 0 Å². The molecule has 0 aliphatic carbocycles. The van der Waals surface area contributed by atoms with Gasteiger partial charge in [0.05, 0.1) is 7.11 Å². The molecule has 0 saturated carbocycles. The summed E-state index contributed by atoms with van der Waals surface area (Å²) in [6, 6.07) is 14.2. The summed E-state index contributed by atoms with van der Waals surface area (Å²) in [6.07, 6.45) is 0.307. The van der Waals surface area contributed by atoms with Crippen LogP contribution in [0, 0.1) is 0 Å². The minimum atomic E-state index is -0.182. The maximum Gasteiger partial charge on any atom is 0.224 e. The van der Waals surface area contributed by atoms with E-state index in [9.17, 15) is 9.59 Å². The van der Waals surface area contributed by atoms with Crippen molar-refractivity contribution in [3.05, 3.63) is 58.6 Å². The number of methoxy groups -OCH3 is 1. The summed E-state index contributed by atoms with van der Waals surface area (Å²) in [4.78, 5) is 23.9. The fourth-order valence-corrected chi connectivity index (χ4v) is 2.19. The highest BCUT2D eigenvalue weighted by atomic mass is 79.9. The SMILES string of the molecule is COc1cccc(C(=O)CCC(=O)Nc2ccc(Br)cc2)c1. The molecule has 0 heterocycles. The zero-order valence-corrected chi connectivity index (χ0v) is 13.7. The molecule has 114 valence electrons. The van der Waals surface area contributed by atoms with Crippen molar-refractivity contribution in [2.45, 2.75) is 12.8 Å². The number of benzene rings is 2. The fourth-order valence-electron chi connectivity index (χ4n) is 1.92. The summed E-state index contributed by atoms with van der Waals surface area (Å²) in [5, 5.41) is 2.76. The van der Waals surface area contributed by atoms with E-state index < -0.39 is 0 Å². The van der Waals surface area contributed by atoms with E-state index in [2.05, 4.69) is 21.2 Å². The van der Waals surface area contributed by atoms with Gasteiger partial charge < -0.3 is 10.1 Å². The second kappa shape index (κ2) is 7.75. The molecular weight excluding hydrogens is 346 g/mol. The van der Waals surface area contributed by atoms with Crippen molar-refractivity contribution < 1.29 is 14.3 Å². The third kappa shape index (κ3) is 4.70. The van der Waals surface area contributed by atoms with Crippen LogP contribution in [-0.2, 0) is 4.79 Å². The van der Waals surface area contributed by atoms with E-state index in [-0.39, 0.29) is 24.5 Å². The predicted octanol–water partition coefficient (Wildman–Crippen LogP) is 4.06. The largest absolute Gasteiger partial charge is 0.497 e. The van der Waals surface area contributed by atoms with Gasteiger partial charge in [-0.2, -0.15) is 0 Å². The Morgan fingerprint density at radius 1 is 1.09 bits per heavy atom. The van der Waals surface area contributed by atoms with Crippen molar-refractivity contribution in [2.75, 3.05) is 12.4 Å². The number of carbonyl (C=O) groups is 2. The van der Waals surface area contributed by atoms with Gasteiger partial charge in [-0.15, -0.1) is 0 Å². The molecule has 2 rings (SSSR count). The third-order valence-electron chi connectivity index (χ3n) is 3.10. The molecule has 0 aliphatic rings. The number of carbonyl (C=O) groups excluding carboxylic acids is 2. The molecule has 2 aromatic carbocycles. The zero-order valence-electron chi connectivity index (χ0n) is 12.1. The number of ketones is 1. The number of Topliss-reactive ketones (excluding diaryl/α,β-unsaturated/α-hetero) is 1. The molecule has 0 unspecified atom stereocenters. The van der Waals surface area contributed by atoms with Gasteiger partial charge in [-0.05, 0) is 36.4 Å². The predicted molar refractivity (Wildman–Crippen MR) is 89.3 cm³/mol. The number of anilines is 1. The lowest BCUT2D eigenvalue weighted by atomic mass is 10.1. The third-order valence-corrected chi connectivity index (χ3v) is 3.63. The summed E-state index contributed by atoms with van der Waals surface area (Å²) in [5.41, 5.74) is 1.26. The van der Waals surface area contributed by atoms with Crippen LogP contribution >= 0.6 is 15.9 Å². The van der Waals surface area contributed by atoms with E-state index in [4.69, 9.17) is 4.74 Å². The second-order valence-electron chi connectivity index (χ2n) is 4.71. The van der Waals surface area contributed by atoms with Crippen molar-refractivity contribution in [3.8, 4) is 5.75 Å². The molecule has 0 radical (unpaired) electrons. The van der Waals surface area contributed by atoms with Crippen LogP contribution in [-0.4, -0.2) is 18.8 Å². The molecule has 0 saturated heterocycles. The zero-order chi connectivity index (χ0) is 15.9. The van der Waals surface area contributed by atoms with E-state index in [1.54, 1.807) is 43.5 Å². The first kappa shape index (κ1) is 16.2. The van der Waals surface area contributed by atoms with E-state index >= 15 is 0 Å². The van der Waals surface area contributed by atoms with Gasteiger partial charge in [-0.3, -0.25) is 9.59 Å². The summed E-state index contributed by atoms with van der Waals surface area (Å²) >= 11 is 3.33. The molecule has 4 nitrogen and oxygen atoms in total. The molecule has 0 fully saturated rings. The highest BCUT2D eigenvalue weighted by Crippen LogP contribution is 2.16. The minimum absolute atomic E-state index is 0.0788. The Labute approximate surface area is 137 Å². The molecule has 0 atom stereocenters. The lowest BCUT2D eigenvalue weighted by Gasteiger charge is -2.06. The van der Waals surface area contributed by atoms with Crippen LogP contribution in [0.2, 0.25) is 0 Å². The van der Waals surface area contributed by atoms with Gasteiger partial charge in [-0.1, -0.05) is 28.1 Å². The van der Waals surface area contributed by atoms with Crippen molar-refractivity contribution >= 4 is 33.3 Å². The van der Waals surface area contributed by atoms with Crippen molar-refractivity contribution in [2.24, 2.45) is 0 Å². The molecule has 5 heteroatoms. The van der Waals surface area contributed by atoms with Crippen LogP contribution < -0.4 is 10.1 Å². The molecule has 0 aromatic heterocycles. The van der Waals surface area contributed by atoms with E-state index in [1.165, 1.54) is 0 Å². The number of amides is 1. The Morgan fingerprint density at radius 2 is 1.82 bits per heavy atom. The molecule has 22 heavy (non-hydrogen) atoms. The van der Waals surface area contributed by atoms with Gasteiger partial charge in [0, 0.05) is 28.6 Å². The van der Waals surface area contributed by atoms with Crippen LogP contribution in [0.5, 0.6) is 5.75 Å². The monoisotopic (exact) mass is 361 g/mol. The van der Waals surface area contributed by atoms with Gasteiger partial charge in [-0.25, -0.2) is 0 Å². The summed E-state index contributed by atoms with van der Waals surface area (Å²) in [6.45, 7) is 0. The molecule has 1 N–H and O–H groups in total. The summed E-state index contributed by atoms with van der Waals surface area (Å²) < 4.78 is 6.03. The first-order valence-electron chi connectivity index (χ1n) is 6.81. The number of rotatable bonds is 6. The van der Waals surface area contributed by atoms with E-state index in [0.29, 0.717) is 17.0 Å². The average Bonchev–Trinajstić information content (AvgIpc) is 2.55. The average molecular weight is 362 g/mol. The lowest BCUT2D eigenvalue weighted by Crippen LogP contribution is -2.13. The number of ether oxygens (including phenoxy) is 1. The fraction of sp³-hybridized carbons (Fsp3) is 0.176.